The minimum Gasteiger partial charge on any atom is -0.492 e. The average Bonchev–Trinajstić information content (AvgIpc) is 2.26. The summed E-state index contributed by atoms with van der Waals surface area (Å²) < 4.78 is 30.9. The molecule has 0 aliphatic carbocycles. The third-order valence-electron chi connectivity index (χ3n) is 2.82. The fraction of sp³-hybridized carbons (Fsp3) is 0.417. The highest BCUT2D eigenvalue weighted by Gasteiger charge is 2.29. The van der Waals surface area contributed by atoms with Crippen LogP contribution in [0.2, 0.25) is 0 Å². The zero-order valence-electron chi connectivity index (χ0n) is 10.1. The van der Waals surface area contributed by atoms with Crippen LogP contribution in [0.1, 0.15) is 18.9 Å². The molecule has 5 nitrogen and oxygen atoms in total. The number of ether oxygens (including phenoxy) is 1. The predicted octanol–water partition coefficient (Wildman–Crippen LogP) is 1.35. The van der Waals surface area contributed by atoms with Crippen molar-refractivity contribution in [2.24, 2.45) is 0 Å². The first-order valence-corrected chi connectivity index (χ1v) is 7.20. The lowest BCUT2D eigenvalue weighted by Gasteiger charge is -2.29. The van der Waals surface area contributed by atoms with Crippen molar-refractivity contribution in [2.75, 3.05) is 19.7 Å². The van der Waals surface area contributed by atoms with Crippen molar-refractivity contribution in [3.63, 3.8) is 0 Å². The Kier molecular flexibility index (Phi) is 3.55. The van der Waals surface area contributed by atoms with Crippen molar-refractivity contribution in [3.05, 3.63) is 23.8 Å². The number of sulfonamides is 1. The second-order valence-electron chi connectivity index (χ2n) is 3.96. The molecule has 0 aromatic heterocycles. The summed E-state index contributed by atoms with van der Waals surface area (Å²) in [6.45, 7) is 3.35. The molecule has 1 fully saturated rings. The molecule has 0 amide bonds. The summed E-state index contributed by atoms with van der Waals surface area (Å²) in [5.41, 5.74) is 0.249. The molecule has 2 rings (SSSR count). The van der Waals surface area contributed by atoms with Crippen molar-refractivity contribution in [1.82, 2.24) is 4.31 Å². The Labute approximate surface area is 107 Å². The molecule has 6 heteroatoms. The van der Waals surface area contributed by atoms with Crippen LogP contribution in [0.5, 0.6) is 5.75 Å². The number of hydrogen-bond donors (Lipinski definition) is 0. The third kappa shape index (κ3) is 2.19. The summed E-state index contributed by atoms with van der Waals surface area (Å²) in [5.74, 6) is 0.419. The molecule has 0 bridgehead atoms. The predicted molar refractivity (Wildman–Crippen MR) is 65.7 cm³/mol. The molecule has 18 heavy (non-hydrogen) atoms. The lowest BCUT2D eigenvalue weighted by molar-refractivity contribution is 0.309. The second kappa shape index (κ2) is 4.96. The average molecular weight is 266 g/mol. The Hall–Kier alpha value is -1.58. The van der Waals surface area contributed by atoms with Crippen molar-refractivity contribution in [3.8, 4) is 11.8 Å². The van der Waals surface area contributed by atoms with Gasteiger partial charge >= 0.3 is 0 Å². The summed E-state index contributed by atoms with van der Waals surface area (Å²) in [7, 11) is -3.44. The normalized spacial score (nSPS) is 15.8. The maximum Gasteiger partial charge on any atom is 0.243 e. The van der Waals surface area contributed by atoms with Gasteiger partial charge in [0.25, 0.3) is 0 Å². The van der Waals surface area contributed by atoms with Crippen molar-refractivity contribution in [1.29, 1.82) is 5.26 Å². The molecule has 0 atom stereocenters. The first-order valence-electron chi connectivity index (χ1n) is 5.76. The quantitative estimate of drug-likeness (QED) is 0.824. The fourth-order valence-electron chi connectivity index (χ4n) is 1.71. The summed E-state index contributed by atoms with van der Waals surface area (Å²) in [6.07, 6.45) is 0.890. The molecule has 1 aromatic rings. The van der Waals surface area contributed by atoms with E-state index >= 15 is 0 Å². The van der Waals surface area contributed by atoms with Gasteiger partial charge in [-0.25, -0.2) is 8.42 Å². The maximum absolute atomic E-state index is 12.1. The number of hydrogen-bond acceptors (Lipinski definition) is 4. The lowest BCUT2D eigenvalue weighted by Crippen LogP contribution is -2.41. The van der Waals surface area contributed by atoms with Crippen LogP contribution >= 0.6 is 0 Å². The zero-order valence-corrected chi connectivity index (χ0v) is 10.9. The van der Waals surface area contributed by atoms with E-state index in [0.29, 0.717) is 25.4 Å². The standard InChI is InChI=1S/C12H14N2O3S/c1-2-17-12-5-4-11(8-10(12)9-13)18(15,16)14-6-3-7-14/h4-5,8H,2-3,6-7H2,1H3. The lowest BCUT2D eigenvalue weighted by atomic mass is 10.2. The Morgan fingerprint density at radius 3 is 2.67 bits per heavy atom. The van der Waals surface area contributed by atoms with E-state index in [2.05, 4.69) is 0 Å². The molecule has 0 unspecified atom stereocenters. The second-order valence-corrected chi connectivity index (χ2v) is 5.90. The van der Waals surface area contributed by atoms with E-state index in [4.69, 9.17) is 10.00 Å². The summed E-state index contributed by atoms with van der Waals surface area (Å²) in [5, 5.41) is 9.01. The molecule has 0 saturated carbocycles. The summed E-state index contributed by atoms with van der Waals surface area (Å²) >= 11 is 0. The van der Waals surface area contributed by atoms with E-state index in [-0.39, 0.29) is 10.5 Å². The van der Waals surface area contributed by atoms with E-state index in [1.807, 2.05) is 13.0 Å². The van der Waals surface area contributed by atoms with Gasteiger partial charge in [0.05, 0.1) is 17.1 Å². The topological polar surface area (TPSA) is 70.4 Å². The minimum absolute atomic E-state index is 0.155. The van der Waals surface area contributed by atoms with Gasteiger partial charge in [-0.2, -0.15) is 9.57 Å². The van der Waals surface area contributed by atoms with Crippen molar-refractivity contribution >= 4 is 10.0 Å². The van der Waals surface area contributed by atoms with Crippen LogP contribution in [0, 0.1) is 11.3 Å². The molecule has 1 aromatic carbocycles. The number of nitrogens with zero attached hydrogens (tertiary/aromatic N) is 2. The summed E-state index contributed by atoms with van der Waals surface area (Å²) in [6, 6.07) is 6.36. The minimum atomic E-state index is -3.44. The number of nitriles is 1. The Balaban J connectivity index is 2.38. The molecule has 0 spiro atoms. The molecule has 1 heterocycles. The highest BCUT2D eigenvalue weighted by Crippen LogP contribution is 2.26. The molecule has 96 valence electrons. The van der Waals surface area contributed by atoms with Crippen LogP contribution in [0.4, 0.5) is 0 Å². The molecule has 1 aliphatic heterocycles. The van der Waals surface area contributed by atoms with E-state index in [1.165, 1.54) is 22.5 Å². The smallest absolute Gasteiger partial charge is 0.243 e. The molecular weight excluding hydrogens is 252 g/mol. The monoisotopic (exact) mass is 266 g/mol. The van der Waals surface area contributed by atoms with E-state index in [1.54, 1.807) is 0 Å². The Morgan fingerprint density at radius 2 is 2.17 bits per heavy atom. The van der Waals surface area contributed by atoms with Crippen LogP contribution in [-0.4, -0.2) is 32.4 Å². The van der Waals surface area contributed by atoms with Crippen LogP contribution in [-0.2, 0) is 10.0 Å². The van der Waals surface area contributed by atoms with Crippen LogP contribution < -0.4 is 4.74 Å². The molecule has 0 radical (unpaired) electrons. The molecule has 0 N–H and O–H groups in total. The molecule has 1 aliphatic rings. The van der Waals surface area contributed by atoms with Crippen LogP contribution in [0.25, 0.3) is 0 Å². The van der Waals surface area contributed by atoms with Crippen LogP contribution in [0.3, 0.4) is 0 Å². The Bertz CT molecular complexity index is 586. The molecular formula is C12H14N2O3S. The summed E-state index contributed by atoms with van der Waals surface area (Å²) in [4.78, 5) is 0.155. The number of rotatable bonds is 4. The van der Waals surface area contributed by atoms with Gasteiger partial charge in [-0.05, 0) is 31.5 Å². The van der Waals surface area contributed by atoms with Gasteiger partial charge in [-0.3, -0.25) is 0 Å². The van der Waals surface area contributed by atoms with Gasteiger partial charge in [-0.1, -0.05) is 0 Å². The van der Waals surface area contributed by atoms with Gasteiger partial charge in [0, 0.05) is 13.1 Å². The first kappa shape index (κ1) is 12.9. The SMILES string of the molecule is CCOc1ccc(S(=O)(=O)N2CCC2)cc1C#N. The third-order valence-corrected chi connectivity index (χ3v) is 4.72. The largest absolute Gasteiger partial charge is 0.492 e. The Morgan fingerprint density at radius 1 is 1.44 bits per heavy atom. The first-order chi connectivity index (χ1) is 8.59. The maximum atomic E-state index is 12.1. The van der Waals surface area contributed by atoms with Crippen molar-refractivity contribution in [2.45, 2.75) is 18.2 Å². The van der Waals surface area contributed by atoms with Gasteiger partial charge in [0.15, 0.2) is 0 Å². The van der Waals surface area contributed by atoms with Crippen molar-refractivity contribution < 1.29 is 13.2 Å². The van der Waals surface area contributed by atoms with Gasteiger partial charge in [-0.15, -0.1) is 0 Å². The van der Waals surface area contributed by atoms with E-state index < -0.39 is 10.0 Å². The van der Waals surface area contributed by atoms with Gasteiger partial charge in [0.1, 0.15) is 11.8 Å². The van der Waals surface area contributed by atoms with Gasteiger partial charge in [0.2, 0.25) is 10.0 Å². The van der Waals surface area contributed by atoms with E-state index in [9.17, 15) is 8.42 Å². The zero-order chi connectivity index (χ0) is 13.2. The van der Waals surface area contributed by atoms with Crippen LogP contribution in [0.15, 0.2) is 23.1 Å². The highest BCUT2D eigenvalue weighted by atomic mass is 32.2. The fourth-order valence-corrected chi connectivity index (χ4v) is 3.26. The number of benzene rings is 1. The van der Waals surface area contributed by atoms with E-state index in [0.717, 1.165) is 6.42 Å². The highest BCUT2D eigenvalue weighted by molar-refractivity contribution is 7.89. The van der Waals surface area contributed by atoms with Gasteiger partial charge < -0.3 is 4.74 Å². The molecule has 1 saturated heterocycles.